The molecule has 2 aromatic carbocycles. The van der Waals surface area contributed by atoms with Gasteiger partial charge in [-0.3, -0.25) is 4.79 Å². The lowest BCUT2D eigenvalue weighted by Crippen LogP contribution is -1.99. The Labute approximate surface area is 129 Å². The molecule has 0 amide bonds. The van der Waals surface area contributed by atoms with Gasteiger partial charge in [0.25, 0.3) is 0 Å². The van der Waals surface area contributed by atoms with Crippen LogP contribution < -0.4 is 0 Å². The molecule has 3 rings (SSSR count). The van der Waals surface area contributed by atoms with E-state index in [2.05, 4.69) is 15.9 Å². The summed E-state index contributed by atoms with van der Waals surface area (Å²) in [7, 11) is 0. The van der Waals surface area contributed by atoms with Crippen LogP contribution in [0.1, 0.15) is 21.7 Å². The van der Waals surface area contributed by atoms with E-state index in [0.29, 0.717) is 21.9 Å². The smallest absolute Gasteiger partial charge is 0.228 e. The number of furan rings is 1. The quantitative estimate of drug-likeness (QED) is 0.581. The van der Waals surface area contributed by atoms with E-state index >= 15 is 0 Å². The molecule has 0 saturated carbocycles. The average Bonchev–Trinajstić information content (AvgIpc) is 2.86. The Hall–Kier alpha value is -1.58. The summed E-state index contributed by atoms with van der Waals surface area (Å²) in [6.45, 7) is 1.97. The number of aryl methyl sites for hydroxylation is 1. The van der Waals surface area contributed by atoms with Gasteiger partial charge in [0.05, 0.1) is 5.02 Å². The molecule has 20 heavy (non-hydrogen) atoms. The summed E-state index contributed by atoms with van der Waals surface area (Å²) in [5, 5.41) is 1.33. The first-order valence-corrected chi connectivity index (χ1v) is 7.22. The van der Waals surface area contributed by atoms with E-state index in [0.717, 1.165) is 15.4 Å². The monoisotopic (exact) mass is 348 g/mol. The predicted octanol–water partition coefficient (Wildman–Crippen LogP) is 5.39. The maximum absolute atomic E-state index is 12.4. The molecule has 0 aliphatic carbocycles. The number of para-hydroxylation sites is 1. The van der Waals surface area contributed by atoms with Gasteiger partial charge in [-0.1, -0.05) is 51.8 Å². The number of halogens is 2. The lowest BCUT2D eigenvalue weighted by molar-refractivity contribution is 0.101. The fourth-order valence-electron chi connectivity index (χ4n) is 2.02. The molecule has 100 valence electrons. The first kappa shape index (κ1) is 13.4. The molecule has 0 N–H and O–H groups in total. The highest BCUT2D eigenvalue weighted by atomic mass is 79.9. The number of benzene rings is 2. The highest BCUT2D eigenvalue weighted by Gasteiger charge is 2.16. The van der Waals surface area contributed by atoms with Crippen molar-refractivity contribution in [3.63, 3.8) is 0 Å². The van der Waals surface area contributed by atoms with Crippen LogP contribution in [0.4, 0.5) is 0 Å². The molecule has 0 bridgehead atoms. The minimum absolute atomic E-state index is 0.155. The van der Waals surface area contributed by atoms with Crippen LogP contribution in [0.2, 0.25) is 5.02 Å². The highest BCUT2D eigenvalue weighted by Crippen LogP contribution is 2.28. The second-order valence-corrected chi connectivity index (χ2v) is 5.82. The van der Waals surface area contributed by atoms with Gasteiger partial charge in [-0.15, -0.1) is 0 Å². The van der Waals surface area contributed by atoms with Crippen LogP contribution >= 0.6 is 27.5 Å². The van der Waals surface area contributed by atoms with Crippen LogP contribution in [0, 0.1) is 6.92 Å². The van der Waals surface area contributed by atoms with Crippen LogP contribution in [-0.2, 0) is 0 Å². The molecule has 0 saturated heterocycles. The molecule has 1 aromatic heterocycles. The lowest BCUT2D eigenvalue weighted by atomic mass is 10.1. The minimum atomic E-state index is -0.155. The van der Waals surface area contributed by atoms with Crippen LogP contribution in [0.25, 0.3) is 11.0 Å². The number of fused-ring (bicyclic) bond motifs is 1. The van der Waals surface area contributed by atoms with E-state index < -0.39 is 0 Å². The van der Waals surface area contributed by atoms with Crippen molar-refractivity contribution in [3.05, 3.63) is 68.8 Å². The molecule has 1 heterocycles. The lowest BCUT2D eigenvalue weighted by Gasteiger charge is -2.01. The van der Waals surface area contributed by atoms with Crippen molar-refractivity contribution in [2.45, 2.75) is 6.92 Å². The maximum atomic E-state index is 12.4. The summed E-state index contributed by atoms with van der Waals surface area (Å²) in [6, 6.07) is 12.6. The summed E-state index contributed by atoms with van der Waals surface area (Å²) >= 11 is 9.48. The fraction of sp³-hybridized carbons (Fsp3) is 0.0625. The molecule has 4 heteroatoms. The Bertz CT molecular complexity index is 820. The first-order valence-electron chi connectivity index (χ1n) is 6.05. The maximum Gasteiger partial charge on any atom is 0.228 e. The van der Waals surface area contributed by atoms with Gasteiger partial charge in [-0.05, 0) is 30.7 Å². The van der Waals surface area contributed by atoms with Gasteiger partial charge in [-0.2, -0.15) is 0 Å². The van der Waals surface area contributed by atoms with Gasteiger partial charge in [0.2, 0.25) is 5.78 Å². The number of carbonyl (C=O) groups is 1. The van der Waals surface area contributed by atoms with Crippen molar-refractivity contribution in [2.24, 2.45) is 0 Å². The minimum Gasteiger partial charge on any atom is -0.451 e. The molecule has 0 aliphatic rings. The molecule has 0 aliphatic heterocycles. The first-order chi connectivity index (χ1) is 9.56. The van der Waals surface area contributed by atoms with E-state index in [-0.39, 0.29) is 5.78 Å². The second kappa shape index (κ2) is 5.08. The number of carbonyl (C=O) groups excluding carboxylic acids is 1. The molecule has 2 nitrogen and oxygen atoms in total. The zero-order chi connectivity index (χ0) is 14.3. The normalized spacial score (nSPS) is 10.9. The highest BCUT2D eigenvalue weighted by molar-refractivity contribution is 9.10. The zero-order valence-corrected chi connectivity index (χ0v) is 13.0. The van der Waals surface area contributed by atoms with Gasteiger partial charge < -0.3 is 4.42 Å². The Morgan fingerprint density at radius 1 is 1.20 bits per heavy atom. The fourth-order valence-corrected chi connectivity index (χ4v) is 2.61. The summed E-state index contributed by atoms with van der Waals surface area (Å²) in [5.41, 5.74) is 2.20. The van der Waals surface area contributed by atoms with Crippen molar-refractivity contribution >= 4 is 44.3 Å². The SMILES string of the molecule is Cc1ccc(C(=O)c2cc3cccc(Cl)c3o2)cc1Br. The predicted molar refractivity (Wildman–Crippen MR) is 83.5 cm³/mol. The molecule has 0 spiro atoms. The zero-order valence-electron chi connectivity index (χ0n) is 10.6. The van der Waals surface area contributed by atoms with Crippen molar-refractivity contribution in [1.29, 1.82) is 0 Å². The third kappa shape index (κ3) is 2.28. The van der Waals surface area contributed by atoms with Crippen LogP contribution in [0.3, 0.4) is 0 Å². The van der Waals surface area contributed by atoms with Gasteiger partial charge in [0.1, 0.15) is 0 Å². The standard InChI is InChI=1S/C16H10BrClO2/c1-9-5-6-10(7-12(9)17)15(19)14-8-11-3-2-4-13(18)16(11)20-14/h2-8H,1H3. The van der Waals surface area contributed by atoms with E-state index in [1.165, 1.54) is 0 Å². The van der Waals surface area contributed by atoms with Crippen LogP contribution in [0.15, 0.2) is 51.4 Å². The van der Waals surface area contributed by atoms with E-state index in [1.54, 1.807) is 24.3 Å². The summed E-state index contributed by atoms with van der Waals surface area (Å²) in [5.74, 6) is 0.141. The molecule has 0 radical (unpaired) electrons. The van der Waals surface area contributed by atoms with Gasteiger partial charge >= 0.3 is 0 Å². The number of ketones is 1. The van der Waals surface area contributed by atoms with Crippen molar-refractivity contribution < 1.29 is 9.21 Å². The van der Waals surface area contributed by atoms with Crippen LogP contribution in [0.5, 0.6) is 0 Å². The third-order valence-corrected chi connectivity index (χ3v) is 4.31. The van der Waals surface area contributed by atoms with Crippen molar-refractivity contribution in [1.82, 2.24) is 0 Å². The van der Waals surface area contributed by atoms with Crippen molar-refractivity contribution in [3.8, 4) is 0 Å². The summed E-state index contributed by atoms with van der Waals surface area (Å²) in [4.78, 5) is 12.4. The molecule has 0 atom stereocenters. The van der Waals surface area contributed by atoms with Crippen LogP contribution in [-0.4, -0.2) is 5.78 Å². The number of hydrogen-bond acceptors (Lipinski definition) is 2. The Balaban J connectivity index is 2.08. The van der Waals surface area contributed by atoms with E-state index in [1.807, 2.05) is 25.1 Å². The molecule has 0 unspecified atom stereocenters. The third-order valence-electron chi connectivity index (χ3n) is 3.15. The Morgan fingerprint density at radius 2 is 2.00 bits per heavy atom. The molecule has 3 aromatic rings. The number of hydrogen-bond donors (Lipinski definition) is 0. The van der Waals surface area contributed by atoms with E-state index in [4.69, 9.17) is 16.0 Å². The largest absolute Gasteiger partial charge is 0.451 e. The molecular formula is C16H10BrClO2. The van der Waals surface area contributed by atoms with Gasteiger partial charge in [0.15, 0.2) is 11.3 Å². The average molecular weight is 350 g/mol. The van der Waals surface area contributed by atoms with E-state index in [9.17, 15) is 4.79 Å². The second-order valence-electron chi connectivity index (χ2n) is 4.56. The van der Waals surface area contributed by atoms with Gasteiger partial charge in [0, 0.05) is 15.4 Å². The topological polar surface area (TPSA) is 30.2 Å². The Morgan fingerprint density at radius 3 is 2.70 bits per heavy atom. The van der Waals surface area contributed by atoms with Crippen molar-refractivity contribution in [2.75, 3.05) is 0 Å². The number of rotatable bonds is 2. The molecular weight excluding hydrogens is 340 g/mol. The molecule has 0 fully saturated rings. The van der Waals surface area contributed by atoms with Gasteiger partial charge in [-0.25, -0.2) is 0 Å². The Kier molecular flexibility index (Phi) is 3.40. The summed E-state index contributed by atoms with van der Waals surface area (Å²) in [6.07, 6.45) is 0. The summed E-state index contributed by atoms with van der Waals surface area (Å²) < 4.78 is 6.49.